The van der Waals surface area contributed by atoms with Gasteiger partial charge >= 0.3 is 7.60 Å². The van der Waals surface area contributed by atoms with E-state index in [0.717, 1.165) is 0 Å². The van der Waals surface area contributed by atoms with Gasteiger partial charge in [-0.3, -0.25) is 9.36 Å². The molecular formula is C12H22NO4P. The Hall–Kier alpha value is -0.690. The van der Waals surface area contributed by atoms with Crippen molar-refractivity contribution in [3.8, 4) is 6.07 Å². The molecule has 0 bridgehead atoms. The summed E-state index contributed by atoms with van der Waals surface area (Å²) in [6.07, 6.45) is 0.813. The van der Waals surface area contributed by atoms with Crippen LogP contribution in [0.25, 0.3) is 0 Å². The quantitative estimate of drug-likeness (QED) is 0.603. The first-order chi connectivity index (χ1) is 8.39. The Bertz CT molecular complexity index is 354. The average molecular weight is 275 g/mol. The summed E-state index contributed by atoms with van der Waals surface area (Å²) >= 11 is 0. The third-order valence-electron chi connectivity index (χ3n) is 2.73. The van der Waals surface area contributed by atoms with Crippen LogP contribution in [0.5, 0.6) is 0 Å². The summed E-state index contributed by atoms with van der Waals surface area (Å²) in [6, 6.07) is 2.00. The summed E-state index contributed by atoms with van der Waals surface area (Å²) in [5, 5.41) is 7.99. The largest absolute Gasteiger partial charge is 0.350 e. The van der Waals surface area contributed by atoms with Gasteiger partial charge in [0.2, 0.25) is 0 Å². The number of carbonyl (C=O) groups is 1. The van der Waals surface area contributed by atoms with E-state index in [2.05, 4.69) is 0 Å². The van der Waals surface area contributed by atoms with E-state index in [0.29, 0.717) is 6.42 Å². The van der Waals surface area contributed by atoms with Gasteiger partial charge in [-0.15, -0.1) is 0 Å². The Morgan fingerprint density at radius 3 is 2.11 bits per heavy atom. The number of Topliss-reactive ketones (excluding diaryl/α,β-unsaturated/α-hetero) is 1. The van der Waals surface area contributed by atoms with Crippen molar-refractivity contribution in [1.29, 1.82) is 5.26 Å². The van der Waals surface area contributed by atoms with Crippen molar-refractivity contribution < 1.29 is 18.4 Å². The highest BCUT2D eigenvalue weighted by Crippen LogP contribution is 2.61. The molecule has 0 aliphatic rings. The summed E-state index contributed by atoms with van der Waals surface area (Å²) in [4.78, 5) is 11.3. The van der Waals surface area contributed by atoms with Crippen LogP contribution >= 0.6 is 7.60 Å². The molecular weight excluding hydrogens is 253 g/mol. The van der Waals surface area contributed by atoms with E-state index in [1.54, 1.807) is 20.8 Å². The van der Waals surface area contributed by atoms with Gasteiger partial charge in [0.1, 0.15) is 5.78 Å². The van der Waals surface area contributed by atoms with Crippen molar-refractivity contribution >= 4 is 13.4 Å². The smallest absolute Gasteiger partial charge is 0.308 e. The third-order valence-corrected chi connectivity index (χ3v) is 5.46. The predicted octanol–water partition coefficient (Wildman–Crippen LogP) is 3.29. The van der Waals surface area contributed by atoms with Crippen LogP contribution in [0, 0.1) is 11.3 Å². The average Bonchev–Trinajstić information content (AvgIpc) is 2.35. The molecule has 0 heterocycles. The van der Waals surface area contributed by atoms with Gasteiger partial charge in [0, 0.05) is 12.8 Å². The van der Waals surface area contributed by atoms with Crippen molar-refractivity contribution in [3.05, 3.63) is 0 Å². The Morgan fingerprint density at radius 1 is 1.28 bits per heavy atom. The maximum Gasteiger partial charge on any atom is 0.350 e. The first-order valence-electron chi connectivity index (χ1n) is 6.21. The summed E-state index contributed by atoms with van der Waals surface area (Å²) in [5.41, 5.74) is 0. The number of carbonyl (C=O) groups excluding carboxylic acids is 1. The van der Waals surface area contributed by atoms with Gasteiger partial charge in [0.25, 0.3) is 0 Å². The van der Waals surface area contributed by atoms with Crippen LogP contribution in [0.15, 0.2) is 0 Å². The Labute approximate surface area is 109 Å². The molecule has 5 nitrogen and oxygen atoms in total. The zero-order chi connectivity index (χ0) is 14.2. The lowest BCUT2D eigenvalue weighted by Crippen LogP contribution is -2.26. The molecule has 0 N–H and O–H groups in total. The van der Waals surface area contributed by atoms with E-state index < -0.39 is 12.8 Å². The highest BCUT2D eigenvalue weighted by atomic mass is 31.2. The number of hydrogen-bond acceptors (Lipinski definition) is 5. The van der Waals surface area contributed by atoms with Gasteiger partial charge in [-0.25, -0.2) is 0 Å². The highest BCUT2D eigenvalue weighted by Gasteiger charge is 2.47. The zero-order valence-electron chi connectivity index (χ0n) is 11.6. The molecule has 0 aromatic heterocycles. The monoisotopic (exact) mass is 275 g/mol. The zero-order valence-corrected chi connectivity index (χ0v) is 12.5. The standard InChI is InChI=1S/C12H22NO4P/c1-5-11(14)8-9-12(4,10-13)18(15,16-6-2)17-7-3/h5-9H2,1-4H3/t12-/m0/s1. The fourth-order valence-electron chi connectivity index (χ4n) is 1.48. The summed E-state index contributed by atoms with van der Waals surface area (Å²) in [7, 11) is -3.52. The van der Waals surface area contributed by atoms with Crippen molar-refractivity contribution in [2.24, 2.45) is 0 Å². The van der Waals surface area contributed by atoms with E-state index in [1.807, 2.05) is 6.07 Å². The van der Waals surface area contributed by atoms with Gasteiger partial charge in [0.05, 0.1) is 19.3 Å². The van der Waals surface area contributed by atoms with Gasteiger partial charge in [-0.05, 0) is 27.2 Å². The van der Waals surface area contributed by atoms with E-state index in [9.17, 15) is 14.6 Å². The van der Waals surface area contributed by atoms with Crippen LogP contribution in [-0.2, 0) is 18.4 Å². The van der Waals surface area contributed by atoms with Crippen LogP contribution in [0.3, 0.4) is 0 Å². The minimum atomic E-state index is -3.52. The molecule has 0 aromatic carbocycles. The van der Waals surface area contributed by atoms with Gasteiger partial charge in [0.15, 0.2) is 5.16 Å². The molecule has 1 atom stereocenters. The lowest BCUT2D eigenvalue weighted by Gasteiger charge is -2.29. The number of hydrogen-bond donors (Lipinski definition) is 0. The second-order valence-electron chi connectivity index (χ2n) is 4.11. The topological polar surface area (TPSA) is 76.4 Å². The molecule has 0 saturated heterocycles. The molecule has 0 aromatic rings. The first kappa shape index (κ1) is 17.3. The molecule has 0 fully saturated rings. The Morgan fingerprint density at radius 2 is 1.78 bits per heavy atom. The number of ketones is 1. The minimum absolute atomic E-state index is 0.0380. The SMILES string of the molecule is CCOP(=O)(OCC)[C@](C)(C#N)CCC(=O)CC. The molecule has 18 heavy (non-hydrogen) atoms. The molecule has 0 rings (SSSR count). The van der Waals surface area contributed by atoms with E-state index >= 15 is 0 Å². The lowest BCUT2D eigenvalue weighted by atomic mass is 10.0. The second-order valence-corrected chi connectivity index (χ2v) is 6.61. The van der Waals surface area contributed by atoms with Gasteiger partial charge in [-0.2, -0.15) is 5.26 Å². The maximum atomic E-state index is 12.6. The first-order valence-corrected chi connectivity index (χ1v) is 7.75. The van der Waals surface area contributed by atoms with Crippen molar-refractivity contribution in [3.63, 3.8) is 0 Å². The summed E-state index contributed by atoms with van der Waals surface area (Å²) < 4.78 is 23.0. The Kier molecular flexibility index (Phi) is 7.39. The normalized spacial score (nSPS) is 14.8. The third kappa shape index (κ3) is 4.20. The van der Waals surface area contributed by atoms with Crippen molar-refractivity contribution in [2.45, 2.75) is 52.1 Å². The fraction of sp³-hybridized carbons (Fsp3) is 0.833. The molecule has 0 aliphatic carbocycles. The van der Waals surface area contributed by atoms with Crippen molar-refractivity contribution in [1.82, 2.24) is 0 Å². The van der Waals surface area contributed by atoms with E-state index in [-0.39, 0.29) is 31.8 Å². The van der Waals surface area contributed by atoms with E-state index in [1.165, 1.54) is 6.92 Å². The fourth-order valence-corrected chi connectivity index (χ4v) is 3.31. The Balaban J connectivity index is 5.03. The van der Waals surface area contributed by atoms with Crippen LogP contribution < -0.4 is 0 Å². The molecule has 0 spiro atoms. The molecule has 0 unspecified atom stereocenters. The number of nitriles is 1. The number of rotatable bonds is 9. The second kappa shape index (κ2) is 7.68. The number of nitrogens with zero attached hydrogens (tertiary/aromatic N) is 1. The highest BCUT2D eigenvalue weighted by molar-refractivity contribution is 7.56. The minimum Gasteiger partial charge on any atom is -0.308 e. The molecule has 6 heteroatoms. The summed E-state index contributed by atoms with van der Waals surface area (Å²) in [6.45, 7) is 7.09. The maximum absolute atomic E-state index is 12.6. The van der Waals surface area contributed by atoms with Crippen LogP contribution in [-0.4, -0.2) is 24.2 Å². The van der Waals surface area contributed by atoms with Crippen LogP contribution in [0.1, 0.15) is 47.0 Å². The van der Waals surface area contributed by atoms with Crippen LogP contribution in [0.2, 0.25) is 0 Å². The molecule has 0 radical (unpaired) electrons. The molecule has 0 amide bonds. The predicted molar refractivity (Wildman–Crippen MR) is 69.4 cm³/mol. The molecule has 104 valence electrons. The van der Waals surface area contributed by atoms with Gasteiger partial charge in [-0.1, -0.05) is 6.92 Å². The van der Waals surface area contributed by atoms with Crippen molar-refractivity contribution in [2.75, 3.05) is 13.2 Å². The van der Waals surface area contributed by atoms with Crippen LogP contribution in [0.4, 0.5) is 0 Å². The lowest BCUT2D eigenvalue weighted by molar-refractivity contribution is -0.118. The molecule has 0 saturated carbocycles. The molecule has 0 aliphatic heterocycles. The summed E-state index contributed by atoms with van der Waals surface area (Å²) in [5.74, 6) is 0.0380. The van der Waals surface area contributed by atoms with E-state index in [4.69, 9.17) is 9.05 Å². The van der Waals surface area contributed by atoms with Gasteiger partial charge < -0.3 is 9.05 Å².